The number of pyridine rings is 1. The SMILES string of the molecule is Cc1nc2c(OCc3c(F)cccc3F)cc(Cl)cn2c1C(=O)NN1CCOCC1. The van der Waals surface area contributed by atoms with Gasteiger partial charge in [0.25, 0.3) is 5.91 Å². The summed E-state index contributed by atoms with van der Waals surface area (Å²) in [7, 11) is 0. The van der Waals surface area contributed by atoms with Crippen LogP contribution in [0.3, 0.4) is 0 Å². The number of hydrazine groups is 1. The molecule has 1 amide bonds. The summed E-state index contributed by atoms with van der Waals surface area (Å²) >= 11 is 6.21. The lowest BCUT2D eigenvalue weighted by Gasteiger charge is -2.26. The van der Waals surface area contributed by atoms with Crippen molar-refractivity contribution in [2.24, 2.45) is 0 Å². The Labute approximate surface area is 176 Å². The molecule has 1 aliphatic heterocycles. The van der Waals surface area contributed by atoms with Crippen LogP contribution in [0, 0.1) is 18.6 Å². The number of nitrogens with one attached hydrogen (secondary N) is 1. The number of imidazole rings is 1. The summed E-state index contributed by atoms with van der Waals surface area (Å²) in [6.07, 6.45) is 1.54. The number of ether oxygens (including phenoxy) is 2. The van der Waals surface area contributed by atoms with Crippen LogP contribution in [0.4, 0.5) is 8.78 Å². The molecule has 1 aliphatic rings. The van der Waals surface area contributed by atoms with E-state index >= 15 is 0 Å². The first-order valence-electron chi connectivity index (χ1n) is 9.31. The minimum atomic E-state index is -0.710. The van der Waals surface area contributed by atoms with Gasteiger partial charge in [0.2, 0.25) is 0 Å². The van der Waals surface area contributed by atoms with Crippen LogP contribution in [0.5, 0.6) is 5.75 Å². The van der Waals surface area contributed by atoms with E-state index in [2.05, 4.69) is 10.4 Å². The van der Waals surface area contributed by atoms with E-state index in [0.29, 0.717) is 43.3 Å². The van der Waals surface area contributed by atoms with Crippen molar-refractivity contribution < 1.29 is 23.0 Å². The number of hydrogen-bond acceptors (Lipinski definition) is 5. The average molecular weight is 437 g/mol. The molecule has 1 N–H and O–H groups in total. The second-order valence-electron chi connectivity index (χ2n) is 6.79. The molecular weight excluding hydrogens is 418 g/mol. The molecule has 30 heavy (non-hydrogen) atoms. The van der Waals surface area contributed by atoms with Crippen LogP contribution in [-0.4, -0.2) is 46.6 Å². The lowest BCUT2D eigenvalue weighted by atomic mass is 10.2. The van der Waals surface area contributed by atoms with Crippen LogP contribution in [0.15, 0.2) is 30.5 Å². The van der Waals surface area contributed by atoms with E-state index in [9.17, 15) is 13.6 Å². The van der Waals surface area contributed by atoms with Crippen LogP contribution in [0.1, 0.15) is 21.7 Å². The number of fused-ring (bicyclic) bond motifs is 1. The van der Waals surface area contributed by atoms with Crippen molar-refractivity contribution in [2.45, 2.75) is 13.5 Å². The first kappa shape index (κ1) is 20.5. The maximum atomic E-state index is 13.9. The van der Waals surface area contributed by atoms with Crippen molar-refractivity contribution in [3.63, 3.8) is 0 Å². The van der Waals surface area contributed by atoms with E-state index in [1.807, 2.05) is 0 Å². The van der Waals surface area contributed by atoms with Crippen molar-refractivity contribution >= 4 is 23.2 Å². The van der Waals surface area contributed by atoms with Gasteiger partial charge in [-0.2, -0.15) is 0 Å². The van der Waals surface area contributed by atoms with Crippen molar-refractivity contribution in [3.8, 4) is 5.75 Å². The summed E-state index contributed by atoms with van der Waals surface area (Å²) < 4.78 is 40.3. The lowest BCUT2D eigenvalue weighted by Crippen LogP contribution is -2.48. The molecule has 0 radical (unpaired) electrons. The summed E-state index contributed by atoms with van der Waals surface area (Å²) in [5.74, 6) is -1.56. The smallest absolute Gasteiger partial charge is 0.284 e. The highest BCUT2D eigenvalue weighted by molar-refractivity contribution is 6.30. The zero-order valence-corrected chi connectivity index (χ0v) is 16.9. The Bertz CT molecular complexity index is 1080. The van der Waals surface area contributed by atoms with E-state index in [-0.39, 0.29) is 28.8 Å². The van der Waals surface area contributed by atoms with Gasteiger partial charge in [-0.3, -0.25) is 14.6 Å². The highest BCUT2D eigenvalue weighted by atomic mass is 35.5. The molecule has 1 saturated heterocycles. The fourth-order valence-corrected chi connectivity index (χ4v) is 3.46. The highest BCUT2D eigenvalue weighted by Gasteiger charge is 2.22. The molecule has 0 spiro atoms. The van der Waals surface area contributed by atoms with E-state index in [1.165, 1.54) is 16.5 Å². The van der Waals surface area contributed by atoms with Crippen LogP contribution < -0.4 is 10.2 Å². The van der Waals surface area contributed by atoms with Crippen LogP contribution in [0.2, 0.25) is 5.02 Å². The molecule has 0 unspecified atom stereocenters. The van der Waals surface area contributed by atoms with E-state index in [4.69, 9.17) is 21.1 Å². The quantitative estimate of drug-likeness (QED) is 0.665. The number of nitrogens with zero attached hydrogens (tertiary/aromatic N) is 3. The predicted molar refractivity (Wildman–Crippen MR) is 105 cm³/mol. The molecule has 158 valence electrons. The highest BCUT2D eigenvalue weighted by Crippen LogP contribution is 2.28. The van der Waals surface area contributed by atoms with E-state index in [1.54, 1.807) is 18.1 Å². The summed E-state index contributed by atoms with van der Waals surface area (Å²) in [5, 5.41) is 2.05. The Morgan fingerprint density at radius 3 is 2.70 bits per heavy atom. The zero-order chi connectivity index (χ0) is 21.3. The fourth-order valence-electron chi connectivity index (χ4n) is 3.27. The fraction of sp³-hybridized carbons (Fsp3) is 0.300. The molecular formula is C20H19ClF2N4O3. The summed E-state index contributed by atoms with van der Waals surface area (Å²) in [4.78, 5) is 17.3. The number of benzene rings is 1. The largest absolute Gasteiger partial charge is 0.485 e. The van der Waals surface area contributed by atoms with Gasteiger partial charge in [-0.25, -0.2) is 18.8 Å². The minimum absolute atomic E-state index is 0.204. The predicted octanol–water partition coefficient (Wildman–Crippen LogP) is 3.13. The number of amides is 1. The molecule has 1 fully saturated rings. The van der Waals surface area contributed by atoms with Gasteiger partial charge in [-0.05, 0) is 19.1 Å². The van der Waals surface area contributed by atoms with Gasteiger partial charge in [-0.1, -0.05) is 17.7 Å². The summed E-state index contributed by atoms with van der Waals surface area (Å²) in [6, 6.07) is 5.08. The third kappa shape index (κ3) is 4.09. The van der Waals surface area contributed by atoms with Crippen molar-refractivity contribution in [2.75, 3.05) is 26.3 Å². The molecule has 1 aromatic carbocycles. The van der Waals surface area contributed by atoms with Crippen LogP contribution >= 0.6 is 11.6 Å². The van der Waals surface area contributed by atoms with E-state index in [0.717, 1.165) is 12.1 Å². The Balaban J connectivity index is 1.64. The summed E-state index contributed by atoms with van der Waals surface area (Å²) in [6.45, 7) is 3.55. The van der Waals surface area contributed by atoms with Crippen LogP contribution in [-0.2, 0) is 11.3 Å². The van der Waals surface area contributed by atoms with Gasteiger partial charge < -0.3 is 9.47 Å². The second kappa shape index (κ2) is 8.55. The normalized spacial score (nSPS) is 14.8. The topological polar surface area (TPSA) is 68.1 Å². The second-order valence-corrected chi connectivity index (χ2v) is 7.23. The van der Waals surface area contributed by atoms with Crippen LogP contribution in [0.25, 0.3) is 5.65 Å². The van der Waals surface area contributed by atoms with Crippen molar-refractivity contribution in [1.29, 1.82) is 0 Å². The number of rotatable bonds is 5. The third-order valence-electron chi connectivity index (χ3n) is 4.75. The number of carbonyl (C=O) groups excluding carboxylic acids is 1. The van der Waals surface area contributed by atoms with Crippen molar-refractivity contribution in [3.05, 3.63) is 64.1 Å². The molecule has 0 aliphatic carbocycles. The Kier molecular flexibility index (Phi) is 5.85. The molecule has 0 bridgehead atoms. The average Bonchev–Trinajstić information content (AvgIpc) is 3.04. The molecule has 4 rings (SSSR count). The van der Waals surface area contributed by atoms with Gasteiger partial charge in [0.05, 0.1) is 29.5 Å². The number of hydrogen-bond donors (Lipinski definition) is 1. The van der Waals surface area contributed by atoms with Gasteiger partial charge in [0.1, 0.15) is 23.9 Å². The number of carbonyl (C=O) groups is 1. The maximum Gasteiger partial charge on any atom is 0.284 e. The first-order valence-corrected chi connectivity index (χ1v) is 9.69. The molecule has 2 aromatic heterocycles. The minimum Gasteiger partial charge on any atom is -0.485 e. The number of aromatic nitrogens is 2. The number of aryl methyl sites for hydroxylation is 1. The molecule has 7 nitrogen and oxygen atoms in total. The standard InChI is InChI=1S/C20H19ClF2N4O3/c1-12-18(20(28)25-26-5-7-29-8-6-26)27-10-13(21)9-17(19(27)24-12)30-11-14-15(22)3-2-4-16(14)23/h2-4,9-10H,5-8,11H2,1H3,(H,25,28). The number of morpholine rings is 1. The number of halogens is 3. The van der Waals surface area contributed by atoms with Gasteiger partial charge >= 0.3 is 0 Å². The molecule has 10 heteroatoms. The first-order chi connectivity index (χ1) is 14.4. The van der Waals surface area contributed by atoms with E-state index < -0.39 is 11.6 Å². The van der Waals surface area contributed by atoms with Crippen molar-refractivity contribution in [1.82, 2.24) is 19.8 Å². The Morgan fingerprint density at radius 1 is 1.30 bits per heavy atom. The molecule has 0 saturated carbocycles. The van der Waals surface area contributed by atoms with Gasteiger partial charge in [0.15, 0.2) is 11.4 Å². The monoisotopic (exact) mass is 436 g/mol. The zero-order valence-electron chi connectivity index (χ0n) is 16.1. The Hall–Kier alpha value is -2.75. The van der Waals surface area contributed by atoms with Gasteiger partial charge in [-0.15, -0.1) is 0 Å². The summed E-state index contributed by atoms with van der Waals surface area (Å²) in [5.41, 5.74) is 3.71. The molecule has 3 heterocycles. The van der Waals surface area contributed by atoms with Gasteiger partial charge in [0, 0.05) is 25.4 Å². The molecule has 0 atom stereocenters. The Morgan fingerprint density at radius 2 is 2.00 bits per heavy atom. The third-order valence-corrected chi connectivity index (χ3v) is 4.95. The molecule has 3 aromatic rings. The maximum absolute atomic E-state index is 13.9. The lowest BCUT2D eigenvalue weighted by molar-refractivity contribution is 0.0124.